The molecule has 0 bridgehead atoms. The third-order valence-electron chi connectivity index (χ3n) is 3.04. The van der Waals surface area contributed by atoms with Crippen molar-refractivity contribution < 1.29 is 14.6 Å². The third kappa shape index (κ3) is 5.11. The highest BCUT2D eigenvalue weighted by molar-refractivity contribution is 6.08. The smallest absolute Gasteiger partial charge is 0.189 e. The Bertz CT molecular complexity index is 719. The SMILES string of the molecule is CC(C)/C=C/Oc1ccc(C(=O)/C=C/c2ccncc2)c(O)c1. The van der Waals surface area contributed by atoms with Gasteiger partial charge in [0, 0.05) is 18.5 Å². The van der Waals surface area contributed by atoms with Gasteiger partial charge in [-0.3, -0.25) is 9.78 Å². The third-order valence-corrected chi connectivity index (χ3v) is 3.04. The van der Waals surface area contributed by atoms with Crippen molar-refractivity contribution in [2.75, 3.05) is 0 Å². The number of hydrogen-bond donors (Lipinski definition) is 1. The summed E-state index contributed by atoms with van der Waals surface area (Å²) >= 11 is 0. The molecule has 0 saturated carbocycles. The number of carbonyl (C=O) groups is 1. The zero-order valence-corrected chi connectivity index (χ0v) is 13.1. The minimum absolute atomic E-state index is 0.107. The Hall–Kier alpha value is -2.88. The van der Waals surface area contributed by atoms with Crippen LogP contribution in [0.25, 0.3) is 6.08 Å². The predicted molar refractivity (Wildman–Crippen MR) is 90.3 cm³/mol. The molecule has 1 heterocycles. The van der Waals surface area contributed by atoms with Crippen LogP contribution in [0.15, 0.2) is 61.1 Å². The first kappa shape index (κ1) is 16.5. The number of pyridine rings is 1. The second kappa shape index (κ2) is 7.94. The molecule has 4 heteroatoms. The van der Waals surface area contributed by atoms with Crippen LogP contribution in [0.3, 0.4) is 0 Å². The number of phenolic OH excluding ortho intramolecular Hbond substituents is 1. The number of allylic oxidation sites excluding steroid dienone is 2. The topological polar surface area (TPSA) is 59.4 Å². The summed E-state index contributed by atoms with van der Waals surface area (Å²) in [5.41, 5.74) is 1.10. The number of phenols is 1. The number of rotatable bonds is 6. The van der Waals surface area contributed by atoms with E-state index in [4.69, 9.17) is 4.74 Å². The van der Waals surface area contributed by atoms with Crippen LogP contribution < -0.4 is 4.74 Å². The maximum atomic E-state index is 12.1. The summed E-state index contributed by atoms with van der Waals surface area (Å²) in [6, 6.07) is 8.21. The van der Waals surface area contributed by atoms with Gasteiger partial charge in [-0.1, -0.05) is 19.9 Å². The van der Waals surface area contributed by atoms with Crippen LogP contribution in [-0.2, 0) is 0 Å². The highest BCUT2D eigenvalue weighted by Gasteiger charge is 2.09. The second-order valence-electron chi connectivity index (χ2n) is 5.35. The van der Waals surface area contributed by atoms with Gasteiger partial charge < -0.3 is 9.84 Å². The fourth-order valence-electron chi connectivity index (χ4n) is 1.80. The summed E-state index contributed by atoms with van der Waals surface area (Å²) < 4.78 is 5.38. The summed E-state index contributed by atoms with van der Waals surface area (Å²) in [6.07, 6.45) is 9.87. The Morgan fingerprint density at radius 2 is 1.96 bits per heavy atom. The van der Waals surface area contributed by atoms with Crippen molar-refractivity contribution in [1.82, 2.24) is 4.98 Å². The van der Waals surface area contributed by atoms with Gasteiger partial charge in [-0.2, -0.15) is 0 Å². The van der Waals surface area contributed by atoms with E-state index in [0.717, 1.165) is 5.56 Å². The van der Waals surface area contributed by atoms with Gasteiger partial charge >= 0.3 is 0 Å². The lowest BCUT2D eigenvalue weighted by atomic mass is 10.1. The molecule has 1 aromatic carbocycles. The monoisotopic (exact) mass is 309 g/mol. The minimum Gasteiger partial charge on any atom is -0.507 e. The molecule has 4 nitrogen and oxygen atoms in total. The van der Waals surface area contributed by atoms with Crippen LogP contribution in [0, 0.1) is 5.92 Å². The number of aromatic hydroxyl groups is 1. The number of aromatic nitrogens is 1. The fourth-order valence-corrected chi connectivity index (χ4v) is 1.80. The molecule has 0 radical (unpaired) electrons. The first-order chi connectivity index (χ1) is 11.1. The Kier molecular flexibility index (Phi) is 5.69. The van der Waals surface area contributed by atoms with Crippen molar-refractivity contribution >= 4 is 11.9 Å². The van der Waals surface area contributed by atoms with Crippen LogP contribution >= 0.6 is 0 Å². The zero-order valence-electron chi connectivity index (χ0n) is 13.1. The van der Waals surface area contributed by atoms with Crippen molar-refractivity contribution in [3.8, 4) is 11.5 Å². The average molecular weight is 309 g/mol. The van der Waals surface area contributed by atoms with Crippen molar-refractivity contribution in [3.63, 3.8) is 0 Å². The summed E-state index contributed by atoms with van der Waals surface area (Å²) in [5, 5.41) is 10.00. The van der Waals surface area contributed by atoms with E-state index >= 15 is 0 Å². The Morgan fingerprint density at radius 3 is 2.61 bits per heavy atom. The van der Waals surface area contributed by atoms with Crippen LogP contribution in [0.4, 0.5) is 0 Å². The van der Waals surface area contributed by atoms with Gasteiger partial charge in [-0.25, -0.2) is 0 Å². The highest BCUT2D eigenvalue weighted by atomic mass is 16.5. The lowest BCUT2D eigenvalue weighted by Crippen LogP contribution is -1.95. The first-order valence-corrected chi connectivity index (χ1v) is 7.35. The van der Waals surface area contributed by atoms with Gasteiger partial charge in [0.05, 0.1) is 11.8 Å². The largest absolute Gasteiger partial charge is 0.507 e. The molecule has 2 rings (SSSR count). The molecule has 0 aliphatic carbocycles. The van der Waals surface area contributed by atoms with E-state index in [1.165, 1.54) is 12.1 Å². The normalized spacial score (nSPS) is 11.4. The molecule has 1 aromatic heterocycles. The van der Waals surface area contributed by atoms with Gasteiger partial charge in [0.2, 0.25) is 0 Å². The zero-order chi connectivity index (χ0) is 16.7. The van der Waals surface area contributed by atoms with Crippen LogP contribution in [0.5, 0.6) is 11.5 Å². The van der Waals surface area contributed by atoms with E-state index in [-0.39, 0.29) is 17.1 Å². The molecule has 118 valence electrons. The first-order valence-electron chi connectivity index (χ1n) is 7.35. The summed E-state index contributed by atoms with van der Waals surface area (Å²) in [4.78, 5) is 16.0. The lowest BCUT2D eigenvalue weighted by molar-refractivity contribution is 0.104. The average Bonchev–Trinajstić information content (AvgIpc) is 2.53. The van der Waals surface area contributed by atoms with Crippen molar-refractivity contribution in [3.05, 3.63) is 72.3 Å². The number of benzene rings is 1. The van der Waals surface area contributed by atoms with Crippen molar-refractivity contribution in [1.29, 1.82) is 0 Å². The Labute approximate surface area is 135 Å². The maximum absolute atomic E-state index is 12.1. The van der Waals surface area contributed by atoms with Gasteiger partial charge in [-0.05, 0) is 47.9 Å². The van der Waals surface area contributed by atoms with Gasteiger partial charge in [0.1, 0.15) is 11.5 Å². The molecule has 0 atom stereocenters. The second-order valence-corrected chi connectivity index (χ2v) is 5.35. The van der Waals surface area contributed by atoms with E-state index in [9.17, 15) is 9.90 Å². The van der Waals surface area contributed by atoms with Gasteiger partial charge in [-0.15, -0.1) is 0 Å². The molecular formula is C19H19NO3. The molecule has 0 saturated heterocycles. The summed E-state index contributed by atoms with van der Waals surface area (Å²) in [5.74, 6) is 0.477. The van der Waals surface area contributed by atoms with Crippen LogP contribution in [0.2, 0.25) is 0 Å². The highest BCUT2D eigenvalue weighted by Crippen LogP contribution is 2.24. The fraction of sp³-hybridized carbons (Fsp3) is 0.158. The number of carbonyl (C=O) groups excluding carboxylic acids is 1. The molecule has 2 aromatic rings. The van der Waals surface area contributed by atoms with Crippen molar-refractivity contribution in [2.45, 2.75) is 13.8 Å². The summed E-state index contributed by atoms with van der Waals surface area (Å²) in [6.45, 7) is 4.07. The molecular weight excluding hydrogens is 290 g/mol. The number of hydrogen-bond acceptors (Lipinski definition) is 4. The Morgan fingerprint density at radius 1 is 1.22 bits per heavy atom. The Balaban J connectivity index is 2.08. The van der Waals surface area contributed by atoms with Crippen LogP contribution in [0.1, 0.15) is 29.8 Å². The number of nitrogens with zero attached hydrogens (tertiary/aromatic N) is 1. The molecule has 0 spiro atoms. The predicted octanol–water partition coefficient (Wildman–Crippen LogP) is 4.23. The van der Waals surface area contributed by atoms with Crippen LogP contribution in [-0.4, -0.2) is 15.9 Å². The quantitative estimate of drug-likeness (QED) is 0.493. The lowest BCUT2D eigenvalue weighted by Gasteiger charge is -2.05. The van der Waals surface area contributed by atoms with Crippen molar-refractivity contribution in [2.24, 2.45) is 5.92 Å². The van der Waals surface area contributed by atoms with E-state index in [0.29, 0.717) is 11.7 Å². The van der Waals surface area contributed by atoms with Gasteiger partial charge in [0.25, 0.3) is 0 Å². The number of ether oxygens (including phenoxy) is 1. The molecule has 0 amide bonds. The molecule has 0 fully saturated rings. The minimum atomic E-state index is -0.274. The van der Waals surface area contributed by atoms with Gasteiger partial charge in [0.15, 0.2) is 5.78 Å². The molecule has 0 unspecified atom stereocenters. The summed E-state index contributed by atoms with van der Waals surface area (Å²) in [7, 11) is 0. The van der Waals surface area contributed by atoms with E-state index < -0.39 is 0 Å². The standard InChI is InChI=1S/C19H19NO3/c1-14(2)9-12-23-16-4-5-17(19(22)13-16)18(21)6-3-15-7-10-20-11-8-15/h3-14,22H,1-2H3/b6-3+,12-9+. The van der Waals surface area contributed by atoms with E-state index in [1.807, 2.05) is 19.9 Å². The maximum Gasteiger partial charge on any atom is 0.189 e. The molecule has 0 aliphatic heterocycles. The van der Waals surface area contributed by atoms with E-state index in [2.05, 4.69) is 4.98 Å². The molecule has 23 heavy (non-hydrogen) atoms. The molecule has 1 N–H and O–H groups in total. The van der Waals surface area contributed by atoms with E-state index in [1.54, 1.807) is 49.0 Å². The molecule has 0 aliphatic rings. The number of ketones is 1.